The summed E-state index contributed by atoms with van der Waals surface area (Å²) in [6, 6.07) is 6.75. The molecule has 23 heavy (non-hydrogen) atoms. The first-order valence-electron chi connectivity index (χ1n) is 6.17. The zero-order valence-corrected chi connectivity index (χ0v) is 13.2. The Kier molecular flexibility index (Phi) is 4.83. The van der Waals surface area contributed by atoms with Crippen LogP contribution in [0.25, 0.3) is 0 Å². The third kappa shape index (κ3) is 4.34. The fourth-order valence-electron chi connectivity index (χ4n) is 1.64. The Morgan fingerprint density at radius 3 is 2.48 bits per heavy atom. The van der Waals surface area contributed by atoms with Crippen LogP contribution in [0.1, 0.15) is 11.1 Å². The Morgan fingerprint density at radius 2 is 1.91 bits per heavy atom. The minimum Gasteiger partial charge on any atom is -0.291 e. The van der Waals surface area contributed by atoms with E-state index in [4.69, 9.17) is 11.6 Å². The summed E-state index contributed by atoms with van der Waals surface area (Å²) < 4.78 is 61.7. The number of benzene rings is 1. The Hall–Kier alpha value is -1.84. The van der Waals surface area contributed by atoms with Crippen molar-refractivity contribution in [3.05, 3.63) is 52.7 Å². The summed E-state index contributed by atoms with van der Waals surface area (Å²) in [6.07, 6.45) is -4.04. The number of hydrogen-bond acceptors (Lipinski definition) is 4. The molecule has 0 aliphatic rings. The van der Waals surface area contributed by atoms with Crippen LogP contribution in [0.15, 0.2) is 41.4 Å². The fourth-order valence-corrected chi connectivity index (χ4v) is 2.80. The van der Waals surface area contributed by atoms with Crippen molar-refractivity contribution in [2.24, 2.45) is 0 Å². The highest BCUT2D eigenvalue weighted by Crippen LogP contribution is 2.32. The maximum atomic E-state index is 12.5. The monoisotopic (exact) mass is 365 g/mol. The maximum absolute atomic E-state index is 12.5. The van der Waals surface area contributed by atoms with E-state index >= 15 is 0 Å². The predicted molar refractivity (Wildman–Crippen MR) is 79.4 cm³/mol. The third-order valence-electron chi connectivity index (χ3n) is 2.77. The van der Waals surface area contributed by atoms with Crippen molar-refractivity contribution in [3.63, 3.8) is 0 Å². The Bertz CT molecular complexity index is 825. The lowest BCUT2D eigenvalue weighted by atomic mass is 10.2. The number of aryl methyl sites for hydroxylation is 1. The summed E-state index contributed by atoms with van der Waals surface area (Å²) in [4.78, 5) is 5.47. The van der Waals surface area contributed by atoms with Gasteiger partial charge >= 0.3 is 6.18 Å². The van der Waals surface area contributed by atoms with Gasteiger partial charge in [0, 0.05) is 6.20 Å². The molecule has 0 aliphatic carbocycles. The van der Waals surface area contributed by atoms with Crippen molar-refractivity contribution >= 4 is 27.4 Å². The van der Waals surface area contributed by atoms with Gasteiger partial charge in [-0.2, -0.15) is 13.2 Å². The lowest BCUT2D eigenvalue weighted by molar-refractivity contribution is -0.137. The van der Waals surface area contributed by atoms with Gasteiger partial charge in [-0.25, -0.2) is 13.4 Å². The van der Waals surface area contributed by atoms with Crippen LogP contribution in [0.5, 0.6) is 0 Å². The van der Waals surface area contributed by atoms with Gasteiger partial charge in [-0.15, -0.1) is 4.83 Å². The summed E-state index contributed by atoms with van der Waals surface area (Å²) in [6.45, 7) is 1.72. The minimum atomic E-state index is -4.59. The molecule has 0 radical (unpaired) electrons. The van der Waals surface area contributed by atoms with Crippen LogP contribution in [0.4, 0.5) is 19.0 Å². The second kappa shape index (κ2) is 6.34. The highest BCUT2D eigenvalue weighted by molar-refractivity contribution is 7.89. The molecule has 1 aromatic heterocycles. The molecule has 124 valence electrons. The second-order valence-electron chi connectivity index (χ2n) is 4.60. The van der Waals surface area contributed by atoms with Gasteiger partial charge in [-0.05, 0) is 30.7 Å². The largest absolute Gasteiger partial charge is 0.417 e. The van der Waals surface area contributed by atoms with Crippen LogP contribution < -0.4 is 10.3 Å². The van der Waals surface area contributed by atoms with Crippen LogP contribution in [0.3, 0.4) is 0 Å². The number of nitrogens with zero attached hydrogens (tertiary/aromatic N) is 1. The van der Waals surface area contributed by atoms with Gasteiger partial charge in [0.2, 0.25) is 0 Å². The van der Waals surface area contributed by atoms with Gasteiger partial charge in [0.1, 0.15) is 0 Å². The quantitative estimate of drug-likeness (QED) is 0.815. The first kappa shape index (κ1) is 17.5. The third-order valence-corrected chi connectivity index (χ3v) is 4.31. The van der Waals surface area contributed by atoms with E-state index < -0.39 is 21.8 Å². The zero-order chi connectivity index (χ0) is 17.3. The van der Waals surface area contributed by atoms with Crippen LogP contribution in [0.2, 0.25) is 5.02 Å². The van der Waals surface area contributed by atoms with Crippen LogP contribution >= 0.6 is 11.6 Å². The molecule has 0 saturated carbocycles. The average molecular weight is 366 g/mol. The molecule has 1 heterocycles. The predicted octanol–water partition coefficient (Wildman–Crippen LogP) is 3.37. The Balaban J connectivity index is 2.18. The molecule has 5 nitrogen and oxygen atoms in total. The van der Waals surface area contributed by atoms with Crippen LogP contribution in [0, 0.1) is 6.92 Å². The van der Waals surface area contributed by atoms with Gasteiger partial charge in [-0.1, -0.05) is 23.7 Å². The molecule has 2 aromatic rings. The van der Waals surface area contributed by atoms with E-state index in [0.717, 1.165) is 5.56 Å². The number of halogens is 4. The van der Waals surface area contributed by atoms with Gasteiger partial charge in [0.05, 0.1) is 15.5 Å². The number of hydrogen-bond donors (Lipinski definition) is 2. The molecule has 0 bridgehead atoms. The Morgan fingerprint density at radius 1 is 1.22 bits per heavy atom. The van der Waals surface area contributed by atoms with Crippen molar-refractivity contribution in [2.45, 2.75) is 18.0 Å². The highest BCUT2D eigenvalue weighted by Gasteiger charge is 2.31. The van der Waals surface area contributed by atoms with E-state index in [2.05, 4.69) is 10.4 Å². The molecule has 0 spiro atoms. The van der Waals surface area contributed by atoms with E-state index in [1.807, 2.05) is 4.83 Å². The molecule has 0 unspecified atom stereocenters. The number of hydrazine groups is 1. The molecule has 2 rings (SSSR count). The first-order chi connectivity index (χ1) is 10.6. The molecular formula is C13H11ClF3N3O2S. The molecule has 0 saturated heterocycles. The number of aromatic nitrogens is 1. The van der Waals surface area contributed by atoms with Crippen molar-refractivity contribution < 1.29 is 21.6 Å². The van der Waals surface area contributed by atoms with Crippen LogP contribution in [-0.2, 0) is 16.2 Å². The fraction of sp³-hybridized carbons (Fsp3) is 0.154. The number of rotatable bonds is 4. The SMILES string of the molecule is Cc1cccc(S(=O)(=O)NNc2ncc(C(F)(F)F)cc2Cl)c1. The summed E-state index contributed by atoms with van der Waals surface area (Å²) in [5.74, 6) is -0.240. The van der Waals surface area contributed by atoms with Crippen molar-refractivity contribution in [1.82, 2.24) is 9.82 Å². The molecule has 2 N–H and O–H groups in total. The summed E-state index contributed by atoms with van der Waals surface area (Å²) in [5, 5.41) is -0.369. The highest BCUT2D eigenvalue weighted by atomic mass is 35.5. The molecule has 0 fully saturated rings. The minimum absolute atomic E-state index is 0.00645. The summed E-state index contributed by atoms with van der Waals surface area (Å²) in [7, 11) is -3.92. The van der Waals surface area contributed by atoms with Crippen LogP contribution in [-0.4, -0.2) is 13.4 Å². The number of alkyl halides is 3. The van der Waals surface area contributed by atoms with E-state index in [0.29, 0.717) is 12.3 Å². The lowest BCUT2D eigenvalue weighted by Crippen LogP contribution is -2.30. The number of pyridine rings is 1. The van der Waals surface area contributed by atoms with E-state index in [1.54, 1.807) is 19.1 Å². The van der Waals surface area contributed by atoms with Gasteiger partial charge in [-0.3, -0.25) is 5.43 Å². The molecular weight excluding hydrogens is 355 g/mol. The van der Waals surface area contributed by atoms with E-state index in [-0.39, 0.29) is 15.7 Å². The van der Waals surface area contributed by atoms with E-state index in [1.165, 1.54) is 12.1 Å². The standard InChI is InChI=1S/C13H11ClF3N3O2S/c1-8-3-2-4-10(5-8)23(21,22)20-19-12-11(14)6-9(7-18-12)13(15,16)17/h2-7,20H,1H3,(H,18,19). The van der Waals surface area contributed by atoms with Crippen molar-refractivity contribution in [3.8, 4) is 0 Å². The Labute approximate surface area is 135 Å². The average Bonchev–Trinajstić information content (AvgIpc) is 2.45. The molecule has 0 atom stereocenters. The van der Waals surface area contributed by atoms with Gasteiger partial charge in [0.15, 0.2) is 5.82 Å². The summed E-state index contributed by atoms with van der Waals surface area (Å²) >= 11 is 5.68. The molecule has 10 heteroatoms. The molecule has 0 amide bonds. The lowest BCUT2D eigenvalue weighted by Gasteiger charge is -2.12. The van der Waals surface area contributed by atoms with Gasteiger partial charge < -0.3 is 0 Å². The maximum Gasteiger partial charge on any atom is 0.417 e. The number of sulfonamides is 1. The zero-order valence-electron chi connectivity index (χ0n) is 11.6. The van der Waals surface area contributed by atoms with E-state index in [9.17, 15) is 21.6 Å². The second-order valence-corrected chi connectivity index (χ2v) is 6.69. The molecule has 0 aliphatic heterocycles. The normalized spacial score (nSPS) is 12.2. The number of nitrogens with one attached hydrogen (secondary N) is 2. The summed E-state index contributed by atoms with van der Waals surface area (Å²) in [5.41, 5.74) is 1.90. The van der Waals surface area contributed by atoms with Crippen molar-refractivity contribution in [1.29, 1.82) is 0 Å². The van der Waals surface area contributed by atoms with Gasteiger partial charge in [0.25, 0.3) is 10.0 Å². The smallest absolute Gasteiger partial charge is 0.291 e. The topological polar surface area (TPSA) is 71.1 Å². The van der Waals surface area contributed by atoms with Crippen molar-refractivity contribution in [2.75, 3.05) is 5.43 Å². The first-order valence-corrected chi connectivity index (χ1v) is 8.03. The molecule has 1 aromatic carbocycles. The number of anilines is 1.